The number of halogens is 1. The van der Waals surface area contributed by atoms with Crippen LogP contribution in [0.2, 0.25) is 0 Å². The summed E-state index contributed by atoms with van der Waals surface area (Å²) in [5, 5.41) is 22.7. The molecule has 12 aromatic rings. The number of aryl methyl sites for hydroxylation is 2. The van der Waals surface area contributed by atoms with E-state index in [2.05, 4.69) is 189 Å². The predicted molar refractivity (Wildman–Crippen MR) is 509 cm³/mol. The molecule has 20 rings (SSSR count). The van der Waals surface area contributed by atoms with Gasteiger partial charge in [0.25, 0.3) is 5.91 Å². The first-order chi connectivity index (χ1) is 64.9. The molecule has 4 aliphatic carbocycles. The highest BCUT2D eigenvalue weighted by atomic mass is 79.9. The molecule has 0 unspecified atom stereocenters. The normalized spacial score (nSPS) is 21.1. The Labute approximate surface area is 775 Å². The third-order valence-electron chi connectivity index (χ3n) is 25.2. The molecule has 12 heterocycles. The first-order valence-electron chi connectivity index (χ1n) is 46.6. The molecule has 8 fully saturated rings. The lowest BCUT2D eigenvalue weighted by Crippen LogP contribution is -2.36. The summed E-state index contributed by atoms with van der Waals surface area (Å²) in [6.07, 6.45) is 44.1. The van der Waals surface area contributed by atoms with E-state index in [9.17, 15) is 4.79 Å². The Morgan fingerprint density at radius 1 is 0.402 bits per heavy atom. The lowest BCUT2D eigenvalue weighted by Gasteiger charge is -2.31. The molecule has 4 aliphatic heterocycles. The molecule has 690 valence electrons. The second-order valence-corrected chi connectivity index (χ2v) is 35.2. The summed E-state index contributed by atoms with van der Waals surface area (Å²) >= 11 is 3.39. The monoisotopic (exact) mass is 1850 g/mol. The number of aromatic nitrogens is 16. The third kappa shape index (κ3) is 24.8. The highest BCUT2D eigenvalue weighted by molar-refractivity contribution is 9.10. The zero-order valence-corrected chi connectivity index (χ0v) is 76.5. The summed E-state index contributed by atoms with van der Waals surface area (Å²) in [5.74, 6) is 5.12. The van der Waals surface area contributed by atoms with Crippen LogP contribution in [0.5, 0.6) is 23.0 Å². The van der Waals surface area contributed by atoms with Gasteiger partial charge in [-0.1, -0.05) is 20.3 Å². The van der Waals surface area contributed by atoms with Gasteiger partial charge in [-0.3, -0.25) is 24.7 Å². The number of nitriles is 1. The molecule has 0 radical (unpaired) electrons. The maximum absolute atomic E-state index is 11.2. The van der Waals surface area contributed by atoms with Gasteiger partial charge in [0.15, 0.2) is 0 Å². The molecular formula is C96H115BrN26O9. The maximum Gasteiger partial charge on any atom is 0.251 e. The molecule has 4 saturated carbocycles. The number of carbonyl (C=O) groups is 1. The SMILES string of the molecule is CCCCc1cnc2cc(N3CCOCC3)cc(OC3CCC(Nc4ncc(Br)cn4)CC3)c2n1.CCc1cnc(NC2CCC(Oc3cc(N4CCOCC4)cc4nccnc34)CC2)nc1.N#Cc1ccnc(NC2CCC(Oc3cc(N4CCOCC4)cc4nccnc34)CC2)n1.NC(=O)c1cnc(NC2CCC(Oc3cc(N4CCOCC4)cc4nccnc34)CC2)nc1. The van der Waals surface area contributed by atoms with Crippen LogP contribution in [-0.2, 0) is 31.8 Å². The van der Waals surface area contributed by atoms with E-state index in [-0.39, 0.29) is 36.5 Å². The van der Waals surface area contributed by atoms with Crippen LogP contribution in [-0.4, -0.2) is 239 Å². The number of hydrogen-bond donors (Lipinski definition) is 5. The van der Waals surface area contributed by atoms with Crippen LogP contribution >= 0.6 is 15.9 Å². The van der Waals surface area contributed by atoms with Crippen molar-refractivity contribution in [1.29, 1.82) is 5.26 Å². The van der Waals surface area contributed by atoms with Crippen LogP contribution in [0.4, 0.5) is 46.5 Å². The van der Waals surface area contributed by atoms with Crippen molar-refractivity contribution in [1.82, 2.24) is 79.7 Å². The molecule has 8 aromatic heterocycles. The fraction of sp³-hybridized carbons (Fsp3) is 0.479. The summed E-state index contributed by atoms with van der Waals surface area (Å²) in [6, 6.07) is 21.8. The minimum atomic E-state index is -0.533. The number of morpholine rings is 4. The standard InChI is InChI=1S/C26H33BrN6O2.C24H30N6O2.C23H27N7O3.C23H25N7O2/c1-2-3-4-20-17-28-23-13-21(33-9-11-34-12-10-33)14-24(25(23)31-20)35-22-7-5-19(6-8-22)32-26-29-15-18(27)16-30-26;1-2-17-15-27-24(28-16-17)29-18-3-5-20(6-4-18)32-22-14-19(30-9-11-31-12-10-30)13-21-23(22)26-8-7-25-21;24-22(31)15-13-27-23(28-14-15)29-16-1-3-18(4-2-16)33-20-12-17(30-7-9-32-10-8-30)11-19-21(20)26-6-5-25-19;24-15-17-5-6-27-23(29-17)28-16-1-3-19(4-2-16)32-21-14-18(30-9-11-31-12-10-30)13-20-22(21)26-8-7-25-20/h13-17,19,22H,2-12H2,1H3,(H,29,30,32);7-8,13-16,18,20H,2-6,9-12H2,1H3,(H,27,28,29);5-6,11-14,16,18H,1-4,7-10H2,(H2,24,31)(H,27,28,29);5-8,13-14,16,19H,1-4,9-12H2,(H,27,28,29). The number of fused-ring (bicyclic) bond motifs is 4. The van der Waals surface area contributed by atoms with Gasteiger partial charge >= 0.3 is 0 Å². The summed E-state index contributed by atoms with van der Waals surface area (Å²) in [7, 11) is 0. The topological polar surface area (TPSA) is 408 Å². The number of benzene rings is 4. The number of hydrogen-bond acceptors (Lipinski definition) is 34. The van der Waals surface area contributed by atoms with Crippen molar-refractivity contribution in [2.75, 3.05) is 146 Å². The van der Waals surface area contributed by atoms with Gasteiger partial charge in [0.05, 0.1) is 115 Å². The third-order valence-corrected chi connectivity index (χ3v) is 25.6. The van der Waals surface area contributed by atoms with E-state index >= 15 is 0 Å². The molecule has 36 heteroatoms. The van der Waals surface area contributed by atoms with Gasteiger partial charge in [0, 0.05) is 210 Å². The smallest absolute Gasteiger partial charge is 0.251 e. The van der Waals surface area contributed by atoms with Crippen LogP contribution in [0.25, 0.3) is 44.1 Å². The van der Waals surface area contributed by atoms with Crippen LogP contribution < -0.4 is 65.5 Å². The van der Waals surface area contributed by atoms with Crippen LogP contribution in [0, 0.1) is 11.3 Å². The number of unbranched alkanes of at least 4 members (excludes halogenated alkanes) is 1. The quantitative estimate of drug-likeness (QED) is 0.0355. The van der Waals surface area contributed by atoms with Gasteiger partial charge in [0.2, 0.25) is 23.8 Å². The Balaban J connectivity index is 0.000000123. The average Bonchev–Trinajstić information content (AvgIpc) is 0.778. The number of nitrogens with one attached hydrogen (secondary N) is 4. The Morgan fingerprint density at radius 3 is 1.08 bits per heavy atom. The number of nitrogens with two attached hydrogens (primary N) is 1. The van der Waals surface area contributed by atoms with Crippen molar-refractivity contribution in [3.8, 4) is 29.1 Å². The zero-order valence-electron chi connectivity index (χ0n) is 74.9. The number of ether oxygens (including phenoxy) is 8. The number of anilines is 8. The van der Waals surface area contributed by atoms with Crippen molar-refractivity contribution in [3.63, 3.8) is 0 Å². The van der Waals surface area contributed by atoms with Gasteiger partial charge < -0.3 is 84.5 Å². The van der Waals surface area contributed by atoms with E-state index in [0.717, 1.165) is 339 Å². The van der Waals surface area contributed by atoms with Gasteiger partial charge in [-0.2, -0.15) is 5.26 Å². The fourth-order valence-corrected chi connectivity index (χ4v) is 18.0. The molecule has 8 aliphatic rings. The largest absolute Gasteiger partial charge is 0.488 e. The summed E-state index contributed by atoms with van der Waals surface area (Å²) in [6.45, 7) is 17.1. The van der Waals surface area contributed by atoms with E-state index in [1.54, 1.807) is 61.8 Å². The van der Waals surface area contributed by atoms with E-state index < -0.39 is 5.91 Å². The molecular weight excluding hydrogens is 1740 g/mol. The van der Waals surface area contributed by atoms with Crippen LogP contribution in [0.15, 0.2) is 146 Å². The predicted octanol–water partition coefficient (Wildman–Crippen LogP) is 13.9. The molecule has 0 atom stereocenters. The van der Waals surface area contributed by atoms with Gasteiger partial charge in [-0.25, -0.2) is 59.8 Å². The molecule has 1 amide bonds. The van der Waals surface area contributed by atoms with Crippen molar-refractivity contribution in [2.24, 2.45) is 5.73 Å². The number of rotatable bonds is 25. The number of nitrogens with zero attached hydrogens (tertiary/aromatic N) is 21. The van der Waals surface area contributed by atoms with Gasteiger partial charge in [-0.15, -0.1) is 0 Å². The highest BCUT2D eigenvalue weighted by Gasteiger charge is 2.31. The lowest BCUT2D eigenvalue weighted by molar-refractivity contribution is 0.0999. The number of carbonyl (C=O) groups excluding carboxylic acids is 1. The summed E-state index contributed by atoms with van der Waals surface area (Å²) in [5.41, 5.74) is 19.3. The second-order valence-electron chi connectivity index (χ2n) is 34.3. The molecule has 35 nitrogen and oxygen atoms in total. The second kappa shape index (κ2) is 45.5. The minimum Gasteiger partial charge on any atom is -0.488 e. The minimum absolute atomic E-state index is 0.103. The molecule has 4 saturated heterocycles. The van der Waals surface area contributed by atoms with E-state index in [4.69, 9.17) is 58.9 Å². The summed E-state index contributed by atoms with van der Waals surface area (Å²) in [4.78, 5) is 91.8. The van der Waals surface area contributed by atoms with E-state index in [0.29, 0.717) is 47.1 Å². The van der Waals surface area contributed by atoms with E-state index in [1.165, 1.54) is 12.4 Å². The molecule has 132 heavy (non-hydrogen) atoms. The van der Waals surface area contributed by atoms with E-state index in [1.807, 2.05) is 24.7 Å². The first-order valence-corrected chi connectivity index (χ1v) is 47.4. The number of amides is 1. The fourth-order valence-electron chi connectivity index (χ4n) is 17.8. The maximum atomic E-state index is 11.2. The Bertz CT molecular complexity index is 5790. The Morgan fingerprint density at radius 2 is 0.735 bits per heavy atom. The highest BCUT2D eigenvalue weighted by Crippen LogP contribution is 2.40. The average molecular weight is 1860 g/mol. The zero-order chi connectivity index (χ0) is 90.2. The lowest BCUT2D eigenvalue weighted by atomic mass is 9.93. The van der Waals surface area contributed by atoms with Gasteiger partial charge in [-0.05, 0) is 174 Å². The molecule has 4 aromatic carbocycles. The van der Waals surface area contributed by atoms with Crippen molar-refractivity contribution in [2.45, 2.75) is 191 Å². The number of primary amides is 1. The first kappa shape index (κ1) is 91.3. The summed E-state index contributed by atoms with van der Waals surface area (Å²) < 4.78 is 49.0. The molecule has 0 spiro atoms. The Hall–Kier alpha value is -12.6. The van der Waals surface area contributed by atoms with Crippen molar-refractivity contribution >= 4 is 113 Å². The Kier molecular flexibility index (Phi) is 31.5. The van der Waals surface area contributed by atoms with Crippen LogP contribution in [0.1, 0.15) is 157 Å². The molecule has 0 bridgehead atoms. The van der Waals surface area contributed by atoms with Crippen molar-refractivity contribution < 1.29 is 42.7 Å². The van der Waals surface area contributed by atoms with Crippen LogP contribution in [0.3, 0.4) is 0 Å². The van der Waals surface area contributed by atoms with Gasteiger partial charge in [0.1, 0.15) is 56.8 Å². The molecule has 6 N–H and O–H groups in total. The van der Waals surface area contributed by atoms with Crippen molar-refractivity contribution in [3.05, 3.63) is 168 Å².